The largest absolute Gasteiger partial charge is 0.392 e. The van der Waals surface area contributed by atoms with Crippen LogP contribution in [-0.4, -0.2) is 17.8 Å². The van der Waals surface area contributed by atoms with Crippen molar-refractivity contribution in [1.82, 2.24) is 5.32 Å². The predicted molar refractivity (Wildman–Crippen MR) is 56.8 cm³/mol. The fourth-order valence-corrected chi connectivity index (χ4v) is 1.73. The van der Waals surface area contributed by atoms with Crippen LogP contribution in [0, 0.1) is 17.6 Å². The van der Waals surface area contributed by atoms with Gasteiger partial charge in [0, 0.05) is 19.2 Å². The van der Waals surface area contributed by atoms with Crippen LogP contribution < -0.4 is 5.32 Å². The molecule has 1 fully saturated rings. The highest BCUT2D eigenvalue weighted by molar-refractivity contribution is 5.17. The first kappa shape index (κ1) is 11.5. The van der Waals surface area contributed by atoms with E-state index in [1.807, 2.05) is 0 Å². The Morgan fingerprint density at radius 3 is 2.44 bits per heavy atom. The van der Waals surface area contributed by atoms with E-state index in [1.165, 1.54) is 12.1 Å². The van der Waals surface area contributed by atoms with Gasteiger partial charge in [-0.05, 0) is 36.5 Å². The Morgan fingerprint density at radius 1 is 1.25 bits per heavy atom. The van der Waals surface area contributed by atoms with Gasteiger partial charge in [-0.1, -0.05) is 0 Å². The molecule has 0 radical (unpaired) electrons. The molecule has 1 aromatic rings. The standard InChI is InChI=1S/C12H15F2NO/c13-10-3-8(4-11(14)5-10)6-15-7-12(16)9-1-2-9/h3-5,9,12,15-16H,1-2,6-7H2. The van der Waals surface area contributed by atoms with Crippen LogP contribution in [0.3, 0.4) is 0 Å². The number of hydrogen-bond donors (Lipinski definition) is 2. The molecule has 2 rings (SSSR count). The summed E-state index contributed by atoms with van der Waals surface area (Å²) in [6.07, 6.45) is 1.83. The molecule has 0 spiro atoms. The van der Waals surface area contributed by atoms with Crippen molar-refractivity contribution < 1.29 is 13.9 Å². The lowest BCUT2D eigenvalue weighted by atomic mass is 10.2. The lowest BCUT2D eigenvalue weighted by molar-refractivity contribution is 0.148. The fourth-order valence-electron chi connectivity index (χ4n) is 1.73. The third-order valence-corrected chi connectivity index (χ3v) is 2.77. The Hall–Kier alpha value is -1.00. The summed E-state index contributed by atoms with van der Waals surface area (Å²) < 4.78 is 25.7. The maximum atomic E-state index is 12.8. The second-order valence-electron chi connectivity index (χ2n) is 4.31. The van der Waals surface area contributed by atoms with Crippen molar-refractivity contribution in [2.24, 2.45) is 5.92 Å². The number of nitrogens with one attached hydrogen (secondary N) is 1. The average molecular weight is 227 g/mol. The van der Waals surface area contributed by atoms with E-state index >= 15 is 0 Å². The van der Waals surface area contributed by atoms with Gasteiger partial charge in [0.1, 0.15) is 11.6 Å². The minimum atomic E-state index is -0.570. The molecule has 16 heavy (non-hydrogen) atoms. The summed E-state index contributed by atoms with van der Waals surface area (Å²) in [6, 6.07) is 3.43. The van der Waals surface area contributed by atoms with Gasteiger partial charge in [-0.15, -0.1) is 0 Å². The van der Waals surface area contributed by atoms with Crippen molar-refractivity contribution in [1.29, 1.82) is 0 Å². The molecule has 0 saturated heterocycles. The highest BCUT2D eigenvalue weighted by Crippen LogP contribution is 2.32. The molecule has 1 aromatic carbocycles. The summed E-state index contributed by atoms with van der Waals surface area (Å²) >= 11 is 0. The third kappa shape index (κ3) is 3.25. The molecule has 4 heteroatoms. The highest BCUT2D eigenvalue weighted by atomic mass is 19.1. The maximum absolute atomic E-state index is 12.8. The minimum Gasteiger partial charge on any atom is -0.392 e. The van der Waals surface area contributed by atoms with Gasteiger partial charge in [-0.2, -0.15) is 0 Å². The van der Waals surface area contributed by atoms with Crippen LogP contribution in [0.15, 0.2) is 18.2 Å². The first-order chi connectivity index (χ1) is 7.65. The number of benzene rings is 1. The first-order valence-corrected chi connectivity index (χ1v) is 5.49. The summed E-state index contributed by atoms with van der Waals surface area (Å²) in [4.78, 5) is 0. The molecule has 2 N–H and O–H groups in total. The van der Waals surface area contributed by atoms with Crippen LogP contribution in [0.5, 0.6) is 0 Å². The fraction of sp³-hybridized carbons (Fsp3) is 0.500. The molecule has 0 bridgehead atoms. The van der Waals surface area contributed by atoms with Gasteiger partial charge in [0.2, 0.25) is 0 Å². The number of aliphatic hydroxyl groups excluding tert-OH is 1. The van der Waals surface area contributed by atoms with Gasteiger partial charge >= 0.3 is 0 Å². The van der Waals surface area contributed by atoms with Crippen molar-refractivity contribution in [2.45, 2.75) is 25.5 Å². The first-order valence-electron chi connectivity index (χ1n) is 5.49. The molecular weight excluding hydrogens is 212 g/mol. The van der Waals surface area contributed by atoms with Crippen molar-refractivity contribution in [2.75, 3.05) is 6.54 Å². The molecule has 1 aliphatic rings. The molecule has 0 amide bonds. The normalized spacial score (nSPS) is 17.4. The lowest BCUT2D eigenvalue weighted by Crippen LogP contribution is -2.27. The Bertz CT molecular complexity index is 346. The predicted octanol–water partition coefficient (Wildman–Crippen LogP) is 1.83. The van der Waals surface area contributed by atoms with E-state index in [0.717, 1.165) is 18.9 Å². The molecule has 1 atom stereocenters. The Labute approximate surface area is 93.3 Å². The Kier molecular flexibility index (Phi) is 3.51. The topological polar surface area (TPSA) is 32.3 Å². The molecule has 88 valence electrons. The van der Waals surface area contributed by atoms with Crippen LogP contribution in [-0.2, 0) is 6.54 Å². The van der Waals surface area contributed by atoms with E-state index in [-0.39, 0.29) is 6.10 Å². The van der Waals surface area contributed by atoms with Crippen LogP contribution in [0.25, 0.3) is 0 Å². The highest BCUT2D eigenvalue weighted by Gasteiger charge is 2.28. The van der Waals surface area contributed by atoms with Crippen molar-refractivity contribution in [3.63, 3.8) is 0 Å². The van der Waals surface area contributed by atoms with Crippen LogP contribution in [0.4, 0.5) is 8.78 Å². The van der Waals surface area contributed by atoms with Crippen molar-refractivity contribution in [3.05, 3.63) is 35.4 Å². The molecule has 1 aliphatic carbocycles. The summed E-state index contributed by atoms with van der Waals surface area (Å²) in [5.41, 5.74) is 0.556. The SMILES string of the molecule is OC(CNCc1cc(F)cc(F)c1)C1CC1. The summed E-state index contributed by atoms with van der Waals surface area (Å²) in [7, 11) is 0. The zero-order chi connectivity index (χ0) is 11.5. The molecule has 2 nitrogen and oxygen atoms in total. The van der Waals surface area contributed by atoms with Gasteiger partial charge in [-0.25, -0.2) is 8.78 Å². The smallest absolute Gasteiger partial charge is 0.126 e. The lowest BCUT2D eigenvalue weighted by Gasteiger charge is -2.10. The molecule has 0 aliphatic heterocycles. The van der Waals surface area contributed by atoms with Crippen molar-refractivity contribution in [3.8, 4) is 0 Å². The average Bonchev–Trinajstić information content (AvgIpc) is 2.98. The van der Waals surface area contributed by atoms with Crippen molar-refractivity contribution >= 4 is 0 Å². The zero-order valence-corrected chi connectivity index (χ0v) is 8.92. The summed E-state index contributed by atoms with van der Waals surface area (Å²) in [6.45, 7) is 0.848. The van der Waals surface area contributed by atoms with E-state index in [0.29, 0.717) is 24.6 Å². The Morgan fingerprint density at radius 2 is 1.88 bits per heavy atom. The van der Waals surface area contributed by atoms with E-state index in [2.05, 4.69) is 5.32 Å². The number of hydrogen-bond acceptors (Lipinski definition) is 2. The number of rotatable bonds is 5. The Balaban J connectivity index is 1.79. The van der Waals surface area contributed by atoms with Crippen LogP contribution >= 0.6 is 0 Å². The van der Waals surface area contributed by atoms with Gasteiger partial charge in [-0.3, -0.25) is 0 Å². The van der Waals surface area contributed by atoms with E-state index in [9.17, 15) is 13.9 Å². The minimum absolute atomic E-state index is 0.335. The van der Waals surface area contributed by atoms with E-state index in [1.54, 1.807) is 0 Å². The maximum Gasteiger partial charge on any atom is 0.126 e. The second kappa shape index (κ2) is 4.89. The van der Waals surface area contributed by atoms with Gasteiger partial charge in [0.25, 0.3) is 0 Å². The van der Waals surface area contributed by atoms with Crippen LogP contribution in [0.1, 0.15) is 18.4 Å². The van der Waals surface area contributed by atoms with Gasteiger partial charge in [0.15, 0.2) is 0 Å². The van der Waals surface area contributed by atoms with Gasteiger partial charge in [0.05, 0.1) is 6.10 Å². The zero-order valence-electron chi connectivity index (χ0n) is 8.92. The van der Waals surface area contributed by atoms with Gasteiger partial charge < -0.3 is 10.4 Å². The monoisotopic (exact) mass is 227 g/mol. The van der Waals surface area contributed by atoms with E-state index in [4.69, 9.17) is 0 Å². The van der Waals surface area contributed by atoms with Crippen LogP contribution in [0.2, 0.25) is 0 Å². The quantitative estimate of drug-likeness (QED) is 0.804. The number of aliphatic hydroxyl groups is 1. The molecule has 1 saturated carbocycles. The molecule has 0 aromatic heterocycles. The number of halogens is 2. The third-order valence-electron chi connectivity index (χ3n) is 2.77. The van der Waals surface area contributed by atoms with E-state index < -0.39 is 11.6 Å². The molecule has 1 unspecified atom stereocenters. The second-order valence-corrected chi connectivity index (χ2v) is 4.31. The summed E-state index contributed by atoms with van der Waals surface area (Å²) in [5, 5.41) is 12.6. The molecule has 0 heterocycles. The summed E-state index contributed by atoms with van der Waals surface area (Å²) in [5.74, 6) is -0.726. The molecular formula is C12H15F2NO.